The lowest BCUT2D eigenvalue weighted by atomic mass is 10.0. The van der Waals surface area contributed by atoms with E-state index >= 15 is 0 Å². The molecule has 2 nitrogen and oxygen atoms in total. The van der Waals surface area contributed by atoms with Gasteiger partial charge in [-0.25, -0.2) is 0 Å². The Morgan fingerprint density at radius 2 is 1.14 bits per heavy atom. The van der Waals surface area contributed by atoms with Crippen molar-refractivity contribution in [3.8, 4) is 11.8 Å². The summed E-state index contributed by atoms with van der Waals surface area (Å²) in [6.07, 6.45) is 3.41. The number of aryl methyl sites for hydroxylation is 2. The summed E-state index contributed by atoms with van der Waals surface area (Å²) in [5.41, 5.74) is 6.10. The van der Waals surface area contributed by atoms with Gasteiger partial charge in [0.15, 0.2) is 0 Å². The summed E-state index contributed by atoms with van der Waals surface area (Å²) >= 11 is 0. The summed E-state index contributed by atoms with van der Waals surface area (Å²) < 4.78 is 10.8. The lowest BCUT2D eigenvalue weighted by Crippen LogP contribution is -1.84. The highest BCUT2D eigenvalue weighted by Crippen LogP contribution is 2.22. The van der Waals surface area contributed by atoms with Crippen molar-refractivity contribution in [3.63, 3.8) is 0 Å². The number of fused-ring (bicyclic) bond motifs is 2. The third-order valence-electron chi connectivity index (χ3n) is 3.93. The fourth-order valence-corrected chi connectivity index (χ4v) is 2.63. The maximum atomic E-state index is 5.42. The van der Waals surface area contributed by atoms with Crippen LogP contribution >= 0.6 is 0 Å². The molecule has 0 spiro atoms. The Morgan fingerprint density at radius 1 is 0.682 bits per heavy atom. The van der Waals surface area contributed by atoms with Crippen LogP contribution in [0.1, 0.15) is 22.3 Å². The Bertz CT molecular complexity index is 968. The van der Waals surface area contributed by atoms with Crippen molar-refractivity contribution in [3.05, 3.63) is 71.2 Å². The highest BCUT2D eigenvalue weighted by molar-refractivity contribution is 5.81. The highest BCUT2D eigenvalue weighted by Gasteiger charge is 2.03. The van der Waals surface area contributed by atoms with Gasteiger partial charge in [0.1, 0.15) is 11.2 Å². The van der Waals surface area contributed by atoms with Crippen molar-refractivity contribution >= 4 is 21.9 Å². The van der Waals surface area contributed by atoms with Crippen LogP contribution in [0.15, 0.2) is 57.8 Å². The molecule has 22 heavy (non-hydrogen) atoms. The molecule has 0 amide bonds. The van der Waals surface area contributed by atoms with Gasteiger partial charge in [-0.3, -0.25) is 0 Å². The predicted molar refractivity (Wildman–Crippen MR) is 87.9 cm³/mol. The van der Waals surface area contributed by atoms with Gasteiger partial charge in [0.05, 0.1) is 12.5 Å². The smallest absolute Gasteiger partial charge is 0.134 e. The summed E-state index contributed by atoms with van der Waals surface area (Å²) in [6, 6.07) is 12.1. The maximum absolute atomic E-state index is 5.42. The SMILES string of the molecule is Cc1cc2occc2cc1C#Cc1cc2ccoc2cc1C. The highest BCUT2D eigenvalue weighted by atomic mass is 16.3. The van der Waals surface area contributed by atoms with Crippen molar-refractivity contribution in [2.24, 2.45) is 0 Å². The fraction of sp³-hybridized carbons (Fsp3) is 0.100. The second-order valence-corrected chi connectivity index (χ2v) is 5.50. The van der Waals surface area contributed by atoms with Gasteiger partial charge in [-0.15, -0.1) is 0 Å². The van der Waals surface area contributed by atoms with Crippen LogP contribution in [0.3, 0.4) is 0 Å². The first kappa shape index (κ1) is 12.8. The zero-order chi connectivity index (χ0) is 15.1. The molecular weight excluding hydrogens is 272 g/mol. The molecule has 0 aliphatic rings. The molecule has 0 saturated heterocycles. The summed E-state index contributed by atoms with van der Waals surface area (Å²) in [5, 5.41) is 2.16. The molecule has 4 aromatic rings. The first-order valence-electron chi connectivity index (χ1n) is 7.18. The monoisotopic (exact) mass is 286 g/mol. The van der Waals surface area contributed by atoms with Gasteiger partial charge in [0.2, 0.25) is 0 Å². The van der Waals surface area contributed by atoms with Crippen LogP contribution in [0.2, 0.25) is 0 Å². The van der Waals surface area contributed by atoms with Gasteiger partial charge in [0, 0.05) is 21.9 Å². The van der Waals surface area contributed by atoms with E-state index in [1.165, 1.54) is 0 Å². The van der Waals surface area contributed by atoms with E-state index in [0.717, 1.165) is 44.2 Å². The Hall–Kier alpha value is -2.92. The second kappa shape index (κ2) is 4.82. The minimum Gasteiger partial charge on any atom is -0.464 e. The average molecular weight is 286 g/mol. The molecule has 106 valence electrons. The van der Waals surface area contributed by atoms with E-state index in [1.54, 1.807) is 12.5 Å². The average Bonchev–Trinajstić information content (AvgIpc) is 3.12. The molecule has 0 fully saturated rings. The number of hydrogen-bond acceptors (Lipinski definition) is 2. The van der Waals surface area contributed by atoms with Crippen molar-refractivity contribution in [1.82, 2.24) is 0 Å². The van der Waals surface area contributed by atoms with Crippen molar-refractivity contribution < 1.29 is 8.83 Å². The Kier molecular flexibility index (Phi) is 2.80. The number of benzene rings is 2. The molecule has 0 saturated carbocycles. The van der Waals surface area contributed by atoms with E-state index in [9.17, 15) is 0 Å². The Morgan fingerprint density at radius 3 is 1.59 bits per heavy atom. The molecule has 0 bridgehead atoms. The third kappa shape index (κ3) is 2.08. The quantitative estimate of drug-likeness (QED) is 0.415. The topological polar surface area (TPSA) is 26.3 Å². The molecule has 0 atom stereocenters. The van der Waals surface area contributed by atoms with Gasteiger partial charge < -0.3 is 8.83 Å². The van der Waals surface area contributed by atoms with Crippen LogP contribution in [-0.2, 0) is 0 Å². The molecule has 0 unspecified atom stereocenters. The predicted octanol–water partition coefficient (Wildman–Crippen LogP) is 5.20. The summed E-state index contributed by atoms with van der Waals surface area (Å²) in [5.74, 6) is 6.57. The Labute approximate surface area is 128 Å². The van der Waals surface area contributed by atoms with Gasteiger partial charge >= 0.3 is 0 Å². The van der Waals surface area contributed by atoms with Gasteiger partial charge in [-0.2, -0.15) is 0 Å². The molecule has 4 rings (SSSR count). The van der Waals surface area contributed by atoms with Crippen LogP contribution in [0.25, 0.3) is 21.9 Å². The molecule has 0 radical (unpaired) electrons. The van der Waals surface area contributed by atoms with Crippen LogP contribution in [0, 0.1) is 25.7 Å². The van der Waals surface area contributed by atoms with Crippen molar-refractivity contribution in [2.45, 2.75) is 13.8 Å². The van der Waals surface area contributed by atoms with Crippen molar-refractivity contribution in [1.29, 1.82) is 0 Å². The van der Waals surface area contributed by atoms with Crippen LogP contribution in [0.4, 0.5) is 0 Å². The minimum absolute atomic E-state index is 0.902. The van der Waals surface area contributed by atoms with Gasteiger partial charge in [-0.1, -0.05) is 11.8 Å². The molecular formula is C20H14O2. The van der Waals surface area contributed by atoms with E-state index in [0.29, 0.717) is 0 Å². The number of hydrogen-bond donors (Lipinski definition) is 0. The molecule has 0 aliphatic heterocycles. The fourth-order valence-electron chi connectivity index (χ4n) is 2.63. The first-order valence-corrected chi connectivity index (χ1v) is 7.18. The largest absolute Gasteiger partial charge is 0.464 e. The standard InChI is InChI=1S/C20H14O2/c1-13-9-19-17(5-7-21-19)11-15(13)3-4-16-12-18-6-8-22-20(18)10-14(16)2/h5-12H,1-2H3. The van der Waals surface area contributed by atoms with E-state index in [2.05, 4.69) is 37.8 Å². The van der Waals surface area contributed by atoms with Crippen LogP contribution < -0.4 is 0 Å². The molecule has 0 aliphatic carbocycles. The van der Waals surface area contributed by atoms with Crippen molar-refractivity contribution in [2.75, 3.05) is 0 Å². The first-order chi connectivity index (χ1) is 10.7. The zero-order valence-electron chi connectivity index (χ0n) is 12.4. The third-order valence-corrected chi connectivity index (χ3v) is 3.93. The normalized spacial score (nSPS) is 10.8. The van der Waals surface area contributed by atoms with Gasteiger partial charge in [0.25, 0.3) is 0 Å². The second-order valence-electron chi connectivity index (χ2n) is 5.50. The maximum Gasteiger partial charge on any atom is 0.134 e. The number of rotatable bonds is 0. The van der Waals surface area contributed by atoms with Crippen LogP contribution in [-0.4, -0.2) is 0 Å². The lowest BCUT2D eigenvalue weighted by Gasteiger charge is -2.00. The molecule has 2 heterocycles. The van der Waals surface area contributed by atoms with Crippen LogP contribution in [0.5, 0.6) is 0 Å². The lowest BCUT2D eigenvalue weighted by molar-refractivity contribution is 0.615. The molecule has 0 N–H and O–H groups in total. The van der Waals surface area contributed by atoms with E-state index in [1.807, 2.05) is 24.3 Å². The Balaban J connectivity index is 1.82. The number of furan rings is 2. The van der Waals surface area contributed by atoms with Gasteiger partial charge in [-0.05, 0) is 61.4 Å². The molecule has 2 aromatic carbocycles. The summed E-state index contributed by atoms with van der Waals surface area (Å²) in [6.45, 7) is 4.11. The van der Waals surface area contributed by atoms with E-state index < -0.39 is 0 Å². The van der Waals surface area contributed by atoms with E-state index in [-0.39, 0.29) is 0 Å². The summed E-state index contributed by atoms with van der Waals surface area (Å²) in [7, 11) is 0. The summed E-state index contributed by atoms with van der Waals surface area (Å²) in [4.78, 5) is 0. The minimum atomic E-state index is 0.902. The zero-order valence-corrected chi connectivity index (χ0v) is 12.4. The molecule has 2 aromatic heterocycles. The molecule has 2 heteroatoms. The van der Waals surface area contributed by atoms with E-state index in [4.69, 9.17) is 8.83 Å².